The second-order valence-electron chi connectivity index (χ2n) is 5.73. The van der Waals surface area contributed by atoms with Crippen molar-refractivity contribution in [1.82, 2.24) is 9.78 Å². The monoisotopic (exact) mass is 325 g/mol. The average molecular weight is 326 g/mol. The first-order valence-corrected chi connectivity index (χ1v) is 6.98. The van der Waals surface area contributed by atoms with Gasteiger partial charge in [-0.2, -0.15) is 5.10 Å². The maximum Gasteiger partial charge on any atom is 0.414 e. The molecule has 118 valence electrons. The number of anilines is 1. The topological polar surface area (TPSA) is 71.5 Å². The lowest BCUT2D eigenvalue weighted by Crippen LogP contribution is -2.34. The predicted octanol–water partition coefficient (Wildman–Crippen LogP) is 2.42. The van der Waals surface area contributed by atoms with Crippen LogP contribution in [0.15, 0.2) is 30.7 Å². The number of hydrogen-bond acceptors (Lipinski definition) is 4. The SMILES string of the molecule is CN(C(=O)OC(C)(C)C)c1cn(-c2ccc[n+](O)c2)nc1Cl. The molecule has 0 saturated carbocycles. The summed E-state index contributed by atoms with van der Waals surface area (Å²) in [5, 5.41) is 13.7. The van der Waals surface area contributed by atoms with Gasteiger partial charge in [-0.25, -0.2) is 9.48 Å². The van der Waals surface area contributed by atoms with Gasteiger partial charge < -0.3 is 4.74 Å². The first-order valence-electron chi connectivity index (χ1n) is 6.60. The van der Waals surface area contributed by atoms with Gasteiger partial charge in [0.25, 0.3) is 0 Å². The molecule has 0 aromatic carbocycles. The van der Waals surface area contributed by atoms with Gasteiger partial charge in [0.2, 0.25) is 12.4 Å². The van der Waals surface area contributed by atoms with Gasteiger partial charge in [0.1, 0.15) is 17.0 Å². The van der Waals surface area contributed by atoms with Crippen LogP contribution in [-0.2, 0) is 4.74 Å². The lowest BCUT2D eigenvalue weighted by Gasteiger charge is -2.23. The van der Waals surface area contributed by atoms with Crippen molar-refractivity contribution in [1.29, 1.82) is 0 Å². The minimum absolute atomic E-state index is 0.154. The van der Waals surface area contributed by atoms with Crippen molar-refractivity contribution in [2.45, 2.75) is 26.4 Å². The van der Waals surface area contributed by atoms with Crippen LogP contribution < -0.4 is 9.63 Å². The molecule has 0 saturated heterocycles. The Hall–Kier alpha value is -2.28. The van der Waals surface area contributed by atoms with Gasteiger partial charge in [-0.3, -0.25) is 10.1 Å². The molecule has 1 amide bonds. The summed E-state index contributed by atoms with van der Waals surface area (Å²) in [4.78, 5) is 13.4. The average Bonchev–Trinajstić information content (AvgIpc) is 2.78. The number of pyridine rings is 1. The minimum Gasteiger partial charge on any atom is -0.443 e. The Bertz CT molecular complexity index is 694. The molecular weight excluding hydrogens is 308 g/mol. The van der Waals surface area contributed by atoms with Crippen molar-refractivity contribution in [3.8, 4) is 5.69 Å². The summed E-state index contributed by atoms with van der Waals surface area (Å²) in [6.07, 6.45) is 3.99. The van der Waals surface area contributed by atoms with Crippen molar-refractivity contribution in [3.63, 3.8) is 0 Å². The van der Waals surface area contributed by atoms with E-state index in [0.29, 0.717) is 11.4 Å². The summed E-state index contributed by atoms with van der Waals surface area (Å²) in [7, 11) is 1.55. The molecule has 7 nitrogen and oxygen atoms in total. The highest BCUT2D eigenvalue weighted by molar-refractivity contribution is 6.32. The number of carbonyl (C=O) groups is 1. The predicted molar refractivity (Wildman–Crippen MR) is 80.6 cm³/mol. The molecule has 0 spiro atoms. The molecule has 0 fully saturated rings. The van der Waals surface area contributed by atoms with Crippen LogP contribution in [-0.4, -0.2) is 33.7 Å². The normalized spacial score (nSPS) is 11.3. The summed E-state index contributed by atoms with van der Waals surface area (Å²) in [5.41, 5.74) is 0.398. The molecule has 0 unspecified atom stereocenters. The van der Waals surface area contributed by atoms with Crippen LogP contribution in [0.3, 0.4) is 0 Å². The standard InChI is InChI=1S/C14H18ClN4O3/c1-14(2,3)22-13(20)17(4)11-9-19(16-12(11)15)10-6-5-7-18(21)8-10/h5-9,21H,1-4H3/q+1. The van der Waals surface area contributed by atoms with Crippen molar-refractivity contribution in [3.05, 3.63) is 35.9 Å². The Morgan fingerprint density at radius 3 is 2.77 bits per heavy atom. The van der Waals surface area contributed by atoms with E-state index >= 15 is 0 Å². The number of nitrogens with zero attached hydrogens (tertiary/aromatic N) is 4. The van der Waals surface area contributed by atoms with E-state index in [1.54, 1.807) is 46.1 Å². The number of halogens is 1. The van der Waals surface area contributed by atoms with Crippen molar-refractivity contribution >= 4 is 23.4 Å². The molecule has 0 aliphatic heterocycles. The Labute approximate surface area is 133 Å². The molecular formula is C14H18ClN4O3+. The Morgan fingerprint density at radius 1 is 1.50 bits per heavy atom. The second-order valence-corrected chi connectivity index (χ2v) is 6.09. The highest BCUT2D eigenvalue weighted by atomic mass is 35.5. The van der Waals surface area contributed by atoms with E-state index < -0.39 is 11.7 Å². The Kier molecular flexibility index (Phi) is 4.27. The zero-order valence-corrected chi connectivity index (χ0v) is 13.6. The van der Waals surface area contributed by atoms with E-state index in [9.17, 15) is 10.0 Å². The van der Waals surface area contributed by atoms with Gasteiger partial charge >= 0.3 is 6.09 Å². The molecule has 22 heavy (non-hydrogen) atoms. The van der Waals surface area contributed by atoms with Gasteiger partial charge in [-0.1, -0.05) is 11.6 Å². The van der Waals surface area contributed by atoms with Crippen LogP contribution in [0, 0.1) is 0 Å². The highest BCUT2D eigenvalue weighted by Gasteiger charge is 2.24. The van der Waals surface area contributed by atoms with E-state index in [1.807, 2.05) is 0 Å². The number of hydrogen-bond donors (Lipinski definition) is 1. The Balaban J connectivity index is 2.28. The molecule has 0 atom stereocenters. The first kappa shape index (κ1) is 16.1. The first-order chi connectivity index (χ1) is 10.2. The lowest BCUT2D eigenvalue weighted by molar-refractivity contribution is -0.904. The molecule has 2 heterocycles. The Morgan fingerprint density at radius 2 is 2.18 bits per heavy atom. The molecule has 1 N–H and O–H groups in total. The highest BCUT2D eigenvalue weighted by Crippen LogP contribution is 2.26. The summed E-state index contributed by atoms with van der Waals surface area (Å²) >= 11 is 6.09. The molecule has 2 aromatic rings. The van der Waals surface area contributed by atoms with E-state index in [1.165, 1.54) is 22.0 Å². The number of carbonyl (C=O) groups excluding carboxylic acids is 1. The summed E-state index contributed by atoms with van der Waals surface area (Å²) < 4.78 is 7.66. The number of amides is 1. The lowest BCUT2D eigenvalue weighted by atomic mass is 10.2. The van der Waals surface area contributed by atoms with Crippen molar-refractivity contribution in [2.75, 3.05) is 11.9 Å². The largest absolute Gasteiger partial charge is 0.443 e. The maximum absolute atomic E-state index is 12.1. The quantitative estimate of drug-likeness (QED) is 0.680. The van der Waals surface area contributed by atoms with Gasteiger partial charge in [0, 0.05) is 17.8 Å². The summed E-state index contributed by atoms with van der Waals surface area (Å²) in [5.74, 6) is 0. The van der Waals surface area contributed by atoms with E-state index in [4.69, 9.17) is 16.3 Å². The fourth-order valence-electron chi connectivity index (χ4n) is 1.72. The fraction of sp³-hybridized carbons (Fsp3) is 0.357. The second kappa shape index (κ2) is 5.84. The van der Waals surface area contributed by atoms with Crippen LogP contribution in [0.2, 0.25) is 5.15 Å². The molecule has 0 bridgehead atoms. The van der Waals surface area contributed by atoms with Gasteiger partial charge in [-0.05, 0) is 26.8 Å². The van der Waals surface area contributed by atoms with Crippen LogP contribution >= 0.6 is 11.6 Å². The van der Waals surface area contributed by atoms with E-state index in [-0.39, 0.29) is 5.15 Å². The third kappa shape index (κ3) is 3.67. The molecule has 8 heteroatoms. The third-order valence-electron chi connectivity index (χ3n) is 2.72. The van der Waals surface area contributed by atoms with E-state index in [0.717, 1.165) is 4.73 Å². The summed E-state index contributed by atoms with van der Waals surface area (Å²) in [6, 6.07) is 3.40. The van der Waals surface area contributed by atoms with E-state index in [2.05, 4.69) is 5.10 Å². The zero-order chi connectivity index (χ0) is 16.5. The van der Waals surface area contributed by atoms with Crippen molar-refractivity contribution < 1.29 is 19.5 Å². The van der Waals surface area contributed by atoms with Gasteiger partial charge in [0.05, 0.1) is 6.20 Å². The molecule has 0 radical (unpaired) electrons. The zero-order valence-electron chi connectivity index (χ0n) is 12.8. The van der Waals surface area contributed by atoms with Crippen molar-refractivity contribution in [2.24, 2.45) is 0 Å². The number of aromatic nitrogens is 3. The molecule has 0 aliphatic rings. The maximum atomic E-state index is 12.1. The third-order valence-corrected chi connectivity index (χ3v) is 2.98. The fourth-order valence-corrected chi connectivity index (χ4v) is 1.97. The summed E-state index contributed by atoms with van der Waals surface area (Å²) in [6.45, 7) is 5.36. The van der Waals surface area contributed by atoms with Gasteiger partial charge in [-0.15, -0.1) is 0 Å². The van der Waals surface area contributed by atoms with Crippen LogP contribution in [0.5, 0.6) is 0 Å². The van der Waals surface area contributed by atoms with Crippen LogP contribution in [0.25, 0.3) is 5.69 Å². The smallest absolute Gasteiger partial charge is 0.414 e. The molecule has 2 rings (SSSR count). The number of ether oxygens (including phenoxy) is 1. The number of rotatable bonds is 2. The molecule has 0 aliphatic carbocycles. The van der Waals surface area contributed by atoms with Gasteiger partial charge in [0.15, 0.2) is 5.15 Å². The van der Waals surface area contributed by atoms with Crippen LogP contribution in [0.1, 0.15) is 20.8 Å². The molecule has 2 aromatic heterocycles. The minimum atomic E-state index is -0.602. The van der Waals surface area contributed by atoms with Crippen LogP contribution in [0.4, 0.5) is 10.5 Å².